The van der Waals surface area contributed by atoms with Gasteiger partial charge in [0.25, 0.3) is 0 Å². The summed E-state index contributed by atoms with van der Waals surface area (Å²) in [6.45, 7) is 5.02. The average molecular weight is 498 g/mol. The minimum Gasteiger partial charge on any atom is -0.482 e. The zero-order valence-electron chi connectivity index (χ0n) is 16.2. The Kier molecular flexibility index (Phi) is 7.61. The van der Waals surface area contributed by atoms with Crippen molar-refractivity contribution >= 4 is 40.3 Å². The van der Waals surface area contributed by atoms with Gasteiger partial charge in [0.1, 0.15) is 29.3 Å². The summed E-state index contributed by atoms with van der Waals surface area (Å²) in [4.78, 5) is 29.0. The van der Waals surface area contributed by atoms with Crippen molar-refractivity contribution in [1.82, 2.24) is 4.98 Å². The Morgan fingerprint density at radius 3 is 2.46 bits per heavy atom. The molecular formula is C20H23IN2O5. The summed E-state index contributed by atoms with van der Waals surface area (Å²) < 4.78 is 16.9. The summed E-state index contributed by atoms with van der Waals surface area (Å²) in [5, 5.41) is 2.88. The van der Waals surface area contributed by atoms with Gasteiger partial charge in [-0.05, 0) is 55.5 Å². The molecule has 0 aliphatic heterocycles. The first-order chi connectivity index (χ1) is 13.2. The van der Waals surface area contributed by atoms with E-state index in [1.807, 2.05) is 40.8 Å². The van der Waals surface area contributed by atoms with Crippen molar-refractivity contribution in [3.8, 4) is 5.75 Å². The van der Waals surface area contributed by atoms with Crippen molar-refractivity contribution in [2.45, 2.75) is 33.0 Å². The van der Waals surface area contributed by atoms with Gasteiger partial charge in [0.05, 0.1) is 0 Å². The first kappa shape index (κ1) is 21.9. The second kappa shape index (κ2) is 9.72. The Bertz CT molecular complexity index is 834. The zero-order chi connectivity index (χ0) is 20.7. The van der Waals surface area contributed by atoms with E-state index < -0.39 is 17.5 Å². The zero-order valence-corrected chi connectivity index (χ0v) is 18.4. The van der Waals surface area contributed by atoms with E-state index in [1.54, 1.807) is 46.1 Å². The highest BCUT2D eigenvalue weighted by atomic mass is 127. The van der Waals surface area contributed by atoms with Gasteiger partial charge in [-0.25, -0.2) is 14.6 Å². The molecule has 2 rings (SSSR count). The summed E-state index contributed by atoms with van der Waals surface area (Å²) in [7, 11) is 1.66. The predicted molar refractivity (Wildman–Crippen MR) is 113 cm³/mol. The summed E-state index contributed by atoms with van der Waals surface area (Å²) in [5.74, 6) is -0.141. The lowest BCUT2D eigenvalue weighted by atomic mass is 10.1. The van der Waals surface area contributed by atoms with Crippen LogP contribution in [0.15, 0.2) is 36.5 Å². The molecule has 1 aromatic carbocycles. The highest BCUT2D eigenvalue weighted by Crippen LogP contribution is 2.26. The topological polar surface area (TPSA) is 86.8 Å². The van der Waals surface area contributed by atoms with Crippen molar-refractivity contribution in [2.24, 2.45) is 0 Å². The molecule has 1 N–H and O–H groups in total. The molecule has 2 aromatic rings. The first-order valence-electron chi connectivity index (χ1n) is 8.63. The van der Waals surface area contributed by atoms with Gasteiger partial charge in [0, 0.05) is 22.4 Å². The van der Waals surface area contributed by atoms with E-state index in [1.165, 1.54) is 0 Å². The van der Waals surface area contributed by atoms with Crippen molar-refractivity contribution in [2.75, 3.05) is 19.0 Å². The molecule has 1 heterocycles. The van der Waals surface area contributed by atoms with Crippen LogP contribution in [0.5, 0.6) is 5.75 Å². The number of carbonyl (C=O) groups excluding carboxylic acids is 2. The standard InChI is InChI=1S/C20H23IN2O5/c1-20(2,3)28-19(25)17-14(15(21)10-23-18(17)22-4)11-27-16(24)12-26-13-8-6-5-7-9-13/h5-10H,11-12H2,1-4H3,(H,22,23). The van der Waals surface area contributed by atoms with Crippen LogP contribution in [0.3, 0.4) is 0 Å². The summed E-state index contributed by atoms with van der Waals surface area (Å²) in [6.07, 6.45) is 1.60. The molecule has 8 heteroatoms. The van der Waals surface area contributed by atoms with E-state index in [4.69, 9.17) is 14.2 Å². The number of carbonyl (C=O) groups is 2. The molecule has 1 aromatic heterocycles. The number of rotatable bonds is 7. The maximum Gasteiger partial charge on any atom is 0.344 e. The fourth-order valence-corrected chi connectivity index (χ4v) is 2.82. The van der Waals surface area contributed by atoms with Crippen LogP contribution in [0.2, 0.25) is 0 Å². The van der Waals surface area contributed by atoms with E-state index in [-0.39, 0.29) is 18.8 Å². The molecular weight excluding hydrogens is 475 g/mol. The van der Waals surface area contributed by atoms with Crippen LogP contribution in [-0.4, -0.2) is 36.2 Å². The number of halogens is 1. The summed E-state index contributed by atoms with van der Waals surface area (Å²) >= 11 is 2.05. The molecule has 0 fully saturated rings. The van der Waals surface area contributed by atoms with Gasteiger partial charge < -0.3 is 19.5 Å². The molecule has 150 valence electrons. The van der Waals surface area contributed by atoms with Crippen molar-refractivity contribution in [3.63, 3.8) is 0 Å². The molecule has 0 atom stereocenters. The molecule has 0 radical (unpaired) electrons. The third kappa shape index (κ3) is 6.36. The molecule has 7 nitrogen and oxygen atoms in total. The Hall–Kier alpha value is -2.36. The highest BCUT2D eigenvalue weighted by Gasteiger charge is 2.26. The van der Waals surface area contributed by atoms with Crippen LogP contribution < -0.4 is 10.1 Å². The van der Waals surface area contributed by atoms with E-state index in [0.717, 1.165) is 0 Å². The number of pyridine rings is 1. The SMILES string of the molecule is CNc1ncc(I)c(COC(=O)COc2ccccc2)c1C(=O)OC(C)(C)C. The van der Waals surface area contributed by atoms with Gasteiger partial charge in [-0.1, -0.05) is 18.2 Å². The smallest absolute Gasteiger partial charge is 0.344 e. The number of hydrogen-bond acceptors (Lipinski definition) is 7. The van der Waals surface area contributed by atoms with E-state index >= 15 is 0 Å². The molecule has 0 aliphatic rings. The van der Waals surface area contributed by atoms with Gasteiger partial charge in [-0.15, -0.1) is 0 Å². The van der Waals surface area contributed by atoms with E-state index in [0.29, 0.717) is 20.7 Å². The third-order valence-corrected chi connectivity index (χ3v) is 4.38. The van der Waals surface area contributed by atoms with Crippen LogP contribution in [-0.2, 0) is 20.9 Å². The lowest BCUT2D eigenvalue weighted by molar-refractivity contribution is -0.147. The quantitative estimate of drug-likeness (QED) is 0.459. The Morgan fingerprint density at radius 1 is 1.18 bits per heavy atom. The maximum absolute atomic E-state index is 12.7. The number of nitrogens with one attached hydrogen (secondary N) is 1. The van der Waals surface area contributed by atoms with Gasteiger partial charge in [0.2, 0.25) is 0 Å². The van der Waals surface area contributed by atoms with Crippen molar-refractivity contribution in [1.29, 1.82) is 0 Å². The second-order valence-electron chi connectivity index (χ2n) is 6.82. The lowest BCUT2D eigenvalue weighted by Gasteiger charge is -2.22. The molecule has 0 bridgehead atoms. The molecule has 0 unspecified atom stereocenters. The Labute approximate surface area is 177 Å². The number of ether oxygens (including phenoxy) is 3. The highest BCUT2D eigenvalue weighted by molar-refractivity contribution is 14.1. The van der Waals surface area contributed by atoms with Crippen molar-refractivity contribution < 1.29 is 23.8 Å². The summed E-state index contributed by atoms with van der Waals surface area (Å²) in [6, 6.07) is 8.98. The number of nitrogens with zero attached hydrogens (tertiary/aromatic N) is 1. The number of anilines is 1. The molecule has 0 spiro atoms. The largest absolute Gasteiger partial charge is 0.482 e. The monoisotopic (exact) mass is 498 g/mol. The van der Waals surface area contributed by atoms with Gasteiger partial charge in [-0.3, -0.25) is 0 Å². The van der Waals surface area contributed by atoms with Crippen LogP contribution in [0.4, 0.5) is 5.82 Å². The first-order valence-corrected chi connectivity index (χ1v) is 9.71. The number of esters is 2. The van der Waals surface area contributed by atoms with Gasteiger partial charge >= 0.3 is 11.9 Å². The molecule has 28 heavy (non-hydrogen) atoms. The minimum absolute atomic E-state index is 0.0962. The number of hydrogen-bond donors (Lipinski definition) is 1. The van der Waals surface area contributed by atoms with Crippen molar-refractivity contribution in [3.05, 3.63) is 51.2 Å². The fraction of sp³-hybridized carbons (Fsp3) is 0.350. The van der Waals surface area contributed by atoms with Crippen LogP contribution >= 0.6 is 22.6 Å². The lowest BCUT2D eigenvalue weighted by Crippen LogP contribution is -2.26. The van der Waals surface area contributed by atoms with Gasteiger partial charge in [-0.2, -0.15) is 0 Å². The predicted octanol–water partition coefficient (Wildman–Crippen LogP) is 3.81. The van der Waals surface area contributed by atoms with E-state index in [2.05, 4.69) is 10.3 Å². The van der Waals surface area contributed by atoms with E-state index in [9.17, 15) is 9.59 Å². The fourth-order valence-electron chi connectivity index (χ4n) is 2.26. The normalized spacial score (nSPS) is 10.9. The average Bonchev–Trinajstić information content (AvgIpc) is 2.64. The number of aromatic nitrogens is 1. The third-order valence-electron chi connectivity index (χ3n) is 3.45. The second-order valence-corrected chi connectivity index (χ2v) is 7.98. The van der Waals surface area contributed by atoms with Gasteiger partial charge in [0.15, 0.2) is 6.61 Å². The van der Waals surface area contributed by atoms with Crippen LogP contribution in [0.25, 0.3) is 0 Å². The Balaban J connectivity index is 2.13. The minimum atomic E-state index is -0.666. The summed E-state index contributed by atoms with van der Waals surface area (Å²) in [5.41, 5.74) is 0.115. The Morgan fingerprint density at radius 2 is 1.86 bits per heavy atom. The van der Waals surface area contributed by atoms with Crippen LogP contribution in [0.1, 0.15) is 36.7 Å². The molecule has 0 aliphatic carbocycles. The van der Waals surface area contributed by atoms with Crippen LogP contribution in [0, 0.1) is 3.57 Å². The molecule has 0 saturated heterocycles. The molecule has 0 amide bonds. The molecule has 0 saturated carbocycles. The number of para-hydroxylation sites is 1. The number of benzene rings is 1. The maximum atomic E-state index is 12.7.